The summed E-state index contributed by atoms with van der Waals surface area (Å²) >= 11 is 6.11. The molecular formula is C18H19ClN6O3S. The molecule has 0 unspecified atom stereocenters. The molecule has 1 aromatic heterocycles. The van der Waals surface area contributed by atoms with Crippen LogP contribution in [0.1, 0.15) is 24.2 Å². The summed E-state index contributed by atoms with van der Waals surface area (Å²) < 4.78 is 28.3. The van der Waals surface area contributed by atoms with Crippen molar-refractivity contribution in [1.82, 2.24) is 24.5 Å². The molecule has 0 atom stereocenters. The molecule has 29 heavy (non-hydrogen) atoms. The van der Waals surface area contributed by atoms with Crippen LogP contribution in [0.15, 0.2) is 53.7 Å². The smallest absolute Gasteiger partial charge is 0.255 e. The van der Waals surface area contributed by atoms with Gasteiger partial charge in [-0.15, -0.1) is 5.10 Å². The topological polar surface area (TPSA) is 110 Å². The molecule has 0 fully saturated rings. The van der Waals surface area contributed by atoms with Crippen LogP contribution in [0.3, 0.4) is 0 Å². The highest BCUT2D eigenvalue weighted by molar-refractivity contribution is 7.89. The van der Waals surface area contributed by atoms with Crippen LogP contribution in [0.4, 0.5) is 5.69 Å². The maximum Gasteiger partial charge on any atom is 0.255 e. The van der Waals surface area contributed by atoms with Gasteiger partial charge in [0.05, 0.1) is 10.7 Å². The number of nitrogens with zero attached hydrogens (tertiary/aromatic N) is 5. The maximum atomic E-state index is 12.8. The van der Waals surface area contributed by atoms with Crippen molar-refractivity contribution in [2.24, 2.45) is 0 Å². The number of carbonyl (C=O) groups excluding carboxylic acids is 1. The van der Waals surface area contributed by atoms with Crippen LogP contribution in [-0.2, 0) is 10.0 Å². The Kier molecular flexibility index (Phi) is 6.26. The lowest BCUT2D eigenvalue weighted by Gasteiger charge is -2.19. The van der Waals surface area contributed by atoms with E-state index in [-0.39, 0.29) is 15.5 Å². The summed E-state index contributed by atoms with van der Waals surface area (Å²) in [6.45, 7) is 4.09. The van der Waals surface area contributed by atoms with Crippen molar-refractivity contribution in [2.45, 2.75) is 18.7 Å². The molecule has 0 radical (unpaired) electrons. The van der Waals surface area contributed by atoms with Gasteiger partial charge in [-0.1, -0.05) is 25.4 Å². The van der Waals surface area contributed by atoms with Crippen LogP contribution in [0.25, 0.3) is 5.69 Å². The summed E-state index contributed by atoms with van der Waals surface area (Å²) in [7, 11) is -3.79. The fraction of sp³-hybridized carbons (Fsp3) is 0.222. The number of hydrogen-bond donors (Lipinski definition) is 1. The number of tetrazole rings is 1. The molecule has 0 bridgehead atoms. The summed E-state index contributed by atoms with van der Waals surface area (Å²) in [5.74, 6) is -0.451. The molecule has 1 N–H and O–H groups in total. The number of halogens is 1. The average molecular weight is 435 g/mol. The van der Waals surface area contributed by atoms with Crippen molar-refractivity contribution >= 4 is 33.2 Å². The lowest BCUT2D eigenvalue weighted by atomic mass is 10.2. The summed E-state index contributed by atoms with van der Waals surface area (Å²) in [6.07, 6.45) is 1.46. The Morgan fingerprint density at radius 1 is 1.14 bits per heavy atom. The van der Waals surface area contributed by atoms with E-state index in [1.807, 2.05) is 0 Å². The third kappa shape index (κ3) is 4.44. The Morgan fingerprint density at radius 2 is 1.83 bits per heavy atom. The fourth-order valence-electron chi connectivity index (χ4n) is 2.73. The van der Waals surface area contributed by atoms with E-state index in [2.05, 4.69) is 20.8 Å². The van der Waals surface area contributed by atoms with E-state index in [0.717, 1.165) is 5.69 Å². The Hall–Kier alpha value is -2.82. The number of benzene rings is 2. The van der Waals surface area contributed by atoms with E-state index in [9.17, 15) is 13.2 Å². The number of rotatable bonds is 7. The summed E-state index contributed by atoms with van der Waals surface area (Å²) in [6, 6.07) is 11.0. The van der Waals surface area contributed by atoms with Crippen LogP contribution in [0.2, 0.25) is 5.02 Å². The van der Waals surface area contributed by atoms with Gasteiger partial charge in [-0.05, 0) is 52.9 Å². The van der Waals surface area contributed by atoms with Crippen LogP contribution in [0, 0.1) is 0 Å². The molecule has 9 nitrogen and oxygen atoms in total. The molecule has 1 heterocycles. The second kappa shape index (κ2) is 8.68. The predicted octanol–water partition coefficient (Wildman–Crippen LogP) is 2.60. The largest absolute Gasteiger partial charge is 0.322 e. The molecule has 0 aliphatic rings. The molecule has 3 aromatic rings. The van der Waals surface area contributed by atoms with E-state index in [4.69, 9.17) is 11.6 Å². The number of hydrogen-bond acceptors (Lipinski definition) is 6. The van der Waals surface area contributed by atoms with E-state index in [0.29, 0.717) is 18.8 Å². The van der Waals surface area contributed by atoms with Crippen LogP contribution < -0.4 is 5.32 Å². The Morgan fingerprint density at radius 3 is 2.41 bits per heavy atom. The first-order chi connectivity index (χ1) is 13.9. The summed E-state index contributed by atoms with van der Waals surface area (Å²) in [4.78, 5) is 12.5. The zero-order valence-electron chi connectivity index (χ0n) is 15.8. The van der Waals surface area contributed by atoms with Gasteiger partial charge in [0, 0.05) is 24.3 Å². The van der Waals surface area contributed by atoms with Gasteiger partial charge in [0.15, 0.2) is 0 Å². The second-order valence-corrected chi connectivity index (χ2v) is 8.30. The van der Waals surface area contributed by atoms with Gasteiger partial charge in [0.2, 0.25) is 10.0 Å². The zero-order valence-corrected chi connectivity index (χ0v) is 17.4. The van der Waals surface area contributed by atoms with Crippen molar-refractivity contribution in [2.75, 3.05) is 18.4 Å². The quantitative estimate of drug-likeness (QED) is 0.612. The molecule has 0 saturated carbocycles. The molecule has 0 aliphatic heterocycles. The highest BCUT2D eigenvalue weighted by Gasteiger charge is 2.25. The van der Waals surface area contributed by atoms with Crippen molar-refractivity contribution in [3.8, 4) is 5.69 Å². The van der Waals surface area contributed by atoms with Gasteiger partial charge in [-0.2, -0.15) is 4.31 Å². The number of amides is 1. The van der Waals surface area contributed by atoms with Crippen LogP contribution in [0.5, 0.6) is 0 Å². The van der Waals surface area contributed by atoms with Crippen LogP contribution in [-0.4, -0.2) is 51.9 Å². The molecular weight excluding hydrogens is 416 g/mol. The standard InChI is InChI=1S/C18H19ClN6O3S/c1-3-24(4-2)29(27,28)17-11-13(5-10-16(17)19)18(26)21-14-6-8-15(9-7-14)25-12-20-22-23-25/h5-12H,3-4H2,1-2H3,(H,21,26). The molecule has 3 rings (SSSR count). The molecule has 11 heteroatoms. The predicted molar refractivity (Wildman–Crippen MR) is 109 cm³/mol. The molecule has 1 amide bonds. The third-order valence-electron chi connectivity index (χ3n) is 4.26. The van der Waals surface area contributed by atoms with Gasteiger partial charge in [0.25, 0.3) is 5.91 Å². The third-order valence-corrected chi connectivity index (χ3v) is 6.79. The Labute approximate surface area is 173 Å². The Balaban J connectivity index is 1.83. The Bertz CT molecular complexity index is 1100. The number of sulfonamides is 1. The normalized spacial score (nSPS) is 11.6. The van der Waals surface area contributed by atoms with E-state index < -0.39 is 15.9 Å². The second-order valence-electron chi connectivity index (χ2n) is 5.99. The molecule has 0 saturated heterocycles. The fourth-order valence-corrected chi connectivity index (χ4v) is 4.68. The van der Waals surface area contributed by atoms with Gasteiger partial charge in [-0.25, -0.2) is 13.1 Å². The molecule has 2 aromatic carbocycles. The van der Waals surface area contributed by atoms with Crippen molar-refractivity contribution in [3.63, 3.8) is 0 Å². The number of anilines is 1. The molecule has 152 valence electrons. The average Bonchev–Trinajstić information content (AvgIpc) is 3.24. The van der Waals surface area contributed by atoms with Gasteiger partial charge in [0.1, 0.15) is 11.2 Å². The molecule has 0 aliphatic carbocycles. The highest BCUT2D eigenvalue weighted by atomic mass is 35.5. The van der Waals surface area contributed by atoms with Crippen LogP contribution >= 0.6 is 11.6 Å². The van der Waals surface area contributed by atoms with E-state index in [1.54, 1.807) is 38.1 Å². The van der Waals surface area contributed by atoms with Gasteiger partial charge >= 0.3 is 0 Å². The molecule has 0 spiro atoms. The van der Waals surface area contributed by atoms with Crippen molar-refractivity contribution in [1.29, 1.82) is 0 Å². The van der Waals surface area contributed by atoms with E-state index in [1.165, 1.54) is 33.5 Å². The summed E-state index contributed by atoms with van der Waals surface area (Å²) in [5, 5.41) is 13.7. The number of aromatic nitrogens is 4. The first-order valence-electron chi connectivity index (χ1n) is 8.81. The lowest BCUT2D eigenvalue weighted by Crippen LogP contribution is -2.31. The first-order valence-corrected chi connectivity index (χ1v) is 10.6. The summed E-state index contributed by atoms with van der Waals surface area (Å²) in [5.41, 5.74) is 1.45. The van der Waals surface area contributed by atoms with Gasteiger partial charge < -0.3 is 5.32 Å². The zero-order chi connectivity index (χ0) is 21.0. The monoisotopic (exact) mass is 434 g/mol. The first kappa shape index (κ1) is 20.9. The van der Waals surface area contributed by atoms with Gasteiger partial charge in [-0.3, -0.25) is 4.79 Å². The number of nitrogens with one attached hydrogen (secondary N) is 1. The highest BCUT2D eigenvalue weighted by Crippen LogP contribution is 2.26. The minimum atomic E-state index is -3.79. The minimum absolute atomic E-state index is 0.0687. The lowest BCUT2D eigenvalue weighted by molar-refractivity contribution is 0.102. The van der Waals surface area contributed by atoms with E-state index >= 15 is 0 Å². The maximum absolute atomic E-state index is 12.8. The van der Waals surface area contributed by atoms with Crippen molar-refractivity contribution < 1.29 is 13.2 Å². The van der Waals surface area contributed by atoms with Crippen molar-refractivity contribution in [3.05, 3.63) is 59.4 Å². The SMILES string of the molecule is CCN(CC)S(=O)(=O)c1cc(C(=O)Nc2ccc(-n3cnnn3)cc2)ccc1Cl. The number of carbonyl (C=O) groups is 1. The minimum Gasteiger partial charge on any atom is -0.322 e.